The Kier molecular flexibility index (Phi) is 4.60. The summed E-state index contributed by atoms with van der Waals surface area (Å²) in [7, 11) is -3.50. The third-order valence-electron chi connectivity index (χ3n) is 3.16. The zero-order chi connectivity index (χ0) is 16.3. The van der Waals surface area contributed by atoms with E-state index >= 15 is 0 Å². The Hall–Kier alpha value is -2.22. The minimum Gasteiger partial charge on any atom is -0.412 e. The predicted octanol–water partition coefficient (Wildman–Crippen LogP) is 1.06. The number of nitrogens with zero attached hydrogens (tertiary/aromatic N) is 2. The molecule has 0 unspecified atom stereocenters. The summed E-state index contributed by atoms with van der Waals surface area (Å²) in [6.45, 7) is 4.19. The fourth-order valence-corrected chi connectivity index (χ4v) is 2.19. The molecule has 118 valence electrons. The van der Waals surface area contributed by atoms with Gasteiger partial charge in [0.05, 0.1) is 0 Å². The topological polar surface area (TPSA) is 102 Å². The lowest BCUT2D eigenvalue weighted by Crippen LogP contribution is -2.25. The molecule has 0 bridgehead atoms. The molecule has 0 saturated carbocycles. The van der Waals surface area contributed by atoms with E-state index in [0.29, 0.717) is 5.56 Å². The highest BCUT2D eigenvalue weighted by atomic mass is 32.2. The van der Waals surface area contributed by atoms with Crippen molar-refractivity contribution in [1.29, 1.82) is 0 Å². The largest absolute Gasteiger partial charge is 0.412 e. The van der Waals surface area contributed by atoms with E-state index in [-0.39, 0.29) is 24.8 Å². The van der Waals surface area contributed by atoms with Gasteiger partial charge in [-0.3, -0.25) is 4.79 Å². The molecule has 2 aromatic rings. The molecule has 1 amide bonds. The smallest absolute Gasteiger partial charge is 0.335 e. The second kappa shape index (κ2) is 6.27. The van der Waals surface area contributed by atoms with Crippen LogP contribution in [-0.4, -0.2) is 37.3 Å². The monoisotopic (exact) mass is 323 g/mol. The van der Waals surface area contributed by atoms with E-state index in [9.17, 15) is 13.2 Å². The number of nitrogens with one attached hydrogen (secondary N) is 1. The van der Waals surface area contributed by atoms with E-state index in [1.165, 1.54) is 0 Å². The number of rotatable bonds is 5. The van der Waals surface area contributed by atoms with Crippen LogP contribution in [0.4, 0.5) is 0 Å². The molecule has 1 heterocycles. The SMILES string of the molecule is Cc1ccc(C(=O)NCCc2nnc(S(C)(=O)=O)o2)cc1C. The molecular formula is C14H17N3O4S. The van der Waals surface area contributed by atoms with Gasteiger partial charge in [0.25, 0.3) is 5.91 Å². The van der Waals surface area contributed by atoms with Gasteiger partial charge >= 0.3 is 5.22 Å². The maximum Gasteiger partial charge on any atom is 0.335 e. The second-order valence-electron chi connectivity index (χ2n) is 5.04. The van der Waals surface area contributed by atoms with Crippen molar-refractivity contribution in [1.82, 2.24) is 15.5 Å². The van der Waals surface area contributed by atoms with Crippen LogP contribution in [0.2, 0.25) is 0 Å². The molecule has 0 saturated heterocycles. The number of amides is 1. The van der Waals surface area contributed by atoms with E-state index < -0.39 is 15.1 Å². The minimum atomic E-state index is -3.50. The first-order valence-electron chi connectivity index (χ1n) is 6.65. The summed E-state index contributed by atoms with van der Waals surface area (Å²) in [5.74, 6) is -0.0354. The molecule has 7 nitrogen and oxygen atoms in total. The highest BCUT2D eigenvalue weighted by Gasteiger charge is 2.16. The van der Waals surface area contributed by atoms with Gasteiger partial charge in [-0.05, 0) is 37.1 Å². The Bertz CT molecular complexity index is 796. The number of carbonyl (C=O) groups is 1. The molecule has 1 aromatic heterocycles. The highest BCUT2D eigenvalue weighted by molar-refractivity contribution is 7.90. The zero-order valence-corrected chi connectivity index (χ0v) is 13.4. The van der Waals surface area contributed by atoms with Crippen molar-refractivity contribution in [2.45, 2.75) is 25.5 Å². The summed E-state index contributed by atoms with van der Waals surface area (Å²) in [6.07, 6.45) is 1.25. The fourth-order valence-electron chi connectivity index (χ4n) is 1.76. The Labute approximate surface area is 128 Å². The van der Waals surface area contributed by atoms with Gasteiger partial charge in [0.1, 0.15) is 0 Å². The third-order valence-corrected chi connectivity index (χ3v) is 3.96. The quantitative estimate of drug-likeness (QED) is 0.883. The molecule has 0 aliphatic carbocycles. The van der Waals surface area contributed by atoms with Crippen LogP contribution >= 0.6 is 0 Å². The van der Waals surface area contributed by atoms with Gasteiger partial charge in [-0.25, -0.2) is 8.42 Å². The van der Waals surface area contributed by atoms with Crippen molar-refractivity contribution in [3.05, 3.63) is 40.8 Å². The molecule has 0 spiro atoms. The van der Waals surface area contributed by atoms with Crippen molar-refractivity contribution in [2.75, 3.05) is 12.8 Å². The van der Waals surface area contributed by atoms with Gasteiger partial charge in [0, 0.05) is 24.8 Å². The van der Waals surface area contributed by atoms with Crippen LogP contribution in [0.25, 0.3) is 0 Å². The Morgan fingerprint density at radius 1 is 1.23 bits per heavy atom. The maximum atomic E-state index is 12.0. The van der Waals surface area contributed by atoms with Crippen LogP contribution in [0.1, 0.15) is 27.4 Å². The number of sulfone groups is 1. The first kappa shape index (κ1) is 16.2. The summed E-state index contributed by atoms with van der Waals surface area (Å²) >= 11 is 0. The molecule has 0 aliphatic rings. The average Bonchev–Trinajstić information content (AvgIpc) is 2.90. The summed E-state index contributed by atoms with van der Waals surface area (Å²) in [4.78, 5) is 12.0. The molecule has 0 fully saturated rings. The first-order chi connectivity index (χ1) is 10.3. The minimum absolute atomic E-state index is 0.167. The molecule has 0 radical (unpaired) electrons. The van der Waals surface area contributed by atoms with Gasteiger partial charge in [-0.15, -0.1) is 5.10 Å². The molecular weight excluding hydrogens is 306 g/mol. The van der Waals surface area contributed by atoms with Crippen molar-refractivity contribution in [3.8, 4) is 0 Å². The molecule has 2 rings (SSSR count). The molecule has 1 aromatic carbocycles. The summed E-state index contributed by atoms with van der Waals surface area (Å²) in [6, 6.07) is 5.46. The number of carbonyl (C=O) groups excluding carboxylic acids is 1. The fraction of sp³-hybridized carbons (Fsp3) is 0.357. The Morgan fingerprint density at radius 2 is 1.95 bits per heavy atom. The van der Waals surface area contributed by atoms with E-state index in [2.05, 4.69) is 15.5 Å². The van der Waals surface area contributed by atoms with Gasteiger partial charge in [-0.2, -0.15) is 0 Å². The van der Waals surface area contributed by atoms with Gasteiger partial charge < -0.3 is 9.73 Å². The second-order valence-corrected chi connectivity index (χ2v) is 6.93. The summed E-state index contributed by atoms with van der Waals surface area (Å²) in [5, 5.41) is 9.39. The molecule has 22 heavy (non-hydrogen) atoms. The number of hydrogen-bond donors (Lipinski definition) is 1. The van der Waals surface area contributed by atoms with Gasteiger partial charge in [0.15, 0.2) is 0 Å². The number of aromatic nitrogens is 2. The predicted molar refractivity (Wildman–Crippen MR) is 79.4 cm³/mol. The average molecular weight is 323 g/mol. The summed E-state index contributed by atoms with van der Waals surface area (Å²) in [5.41, 5.74) is 2.74. The standard InChI is InChI=1S/C14H17N3O4S/c1-9-4-5-11(8-10(9)2)13(18)15-7-6-12-16-17-14(21-12)22(3,19)20/h4-5,8H,6-7H2,1-3H3,(H,15,18). The van der Waals surface area contributed by atoms with Crippen molar-refractivity contribution in [3.63, 3.8) is 0 Å². The summed E-state index contributed by atoms with van der Waals surface area (Å²) < 4.78 is 27.4. The zero-order valence-electron chi connectivity index (χ0n) is 12.6. The van der Waals surface area contributed by atoms with Gasteiger partial charge in [-0.1, -0.05) is 11.2 Å². The maximum absolute atomic E-state index is 12.0. The number of benzene rings is 1. The van der Waals surface area contributed by atoms with Crippen LogP contribution < -0.4 is 5.32 Å². The normalized spacial score (nSPS) is 11.4. The van der Waals surface area contributed by atoms with Gasteiger partial charge in [0.2, 0.25) is 15.7 Å². The van der Waals surface area contributed by atoms with Crippen molar-refractivity contribution in [2.24, 2.45) is 0 Å². The molecule has 0 atom stereocenters. The lowest BCUT2D eigenvalue weighted by atomic mass is 10.1. The van der Waals surface area contributed by atoms with E-state index in [4.69, 9.17) is 4.42 Å². The van der Waals surface area contributed by atoms with Crippen LogP contribution in [0.3, 0.4) is 0 Å². The third kappa shape index (κ3) is 3.91. The highest BCUT2D eigenvalue weighted by Crippen LogP contribution is 2.10. The number of hydrogen-bond acceptors (Lipinski definition) is 6. The van der Waals surface area contributed by atoms with E-state index in [1.54, 1.807) is 6.07 Å². The van der Waals surface area contributed by atoms with E-state index in [0.717, 1.165) is 17.4 Å². The Balaban J connectivity index is 1.92. The number of aryl methyl sites for hydroxylation is 2. The Morgan fingerprint density at radius 3 is 2.55 bits per heavy atom. The van der Waals surface area contributed by atoms with E-state index in [1.807, 2.05) is 26.0 Å². The van der Waals surface area contributed by atoms with Crippen molar-refractivity contribution >= 4 is 15.7 Å². The lowest BCUT2D eigenvalue weighted by Gasteiger charge is -2.06. The van der Waals surface area contributed by atoms with Crippen LogP contribution in [-0.2, 0) is 16.3 Å². The molecule has 8 heteroatoms. The first-order valence-corrected chi connectivity index (χ1v) is 8.54. The van der Waals surface area contributed by atoms with Crippen molar-refractivity contribution < 1.29 is 17.6 Å². The molecule has 1 N–H and O–H groups in total. The lowest BCUT2D eigenvalue weighted by molar-refractivity contribution is 0.0953. The van der Waals surface area contributed by atoms with Crippen LogP contribution in [0.5, 0.6) is 0 Å². The van der Waals surface area contributed by atoms with Crippen LogP contribution in [0.15, 0.2) is 27.8 Å². The van der Waals surface area contributed by atoms with Crippen LogP contribution in [0, 0.1) is 13.8 Å². The molecule has 0 aliphatic heterocycles.